The van der Waals surface area contributed by atoms with E-state index in [1.165, 1.54) is 34.2 Å². The van der Waals surface area contributed by atoms with E-state index in [4.69, 9.17) is 9.84 Å². The van der Waals surface area contributed by atoms with Crippen LogP contribution < -0.4 is 4.74 Å². The van der Waals surface area contributed by atoms with Gasteiger partial charge in [0.25, 0.3) is 0 Å². The van der Waals surface area contributed by atoms with Crippen molar-refractivity contribution >= 4 is 0 Å². The lowest BCUT2D eigenvalue weighted by Gasteiger charge is -2.36. The maximum atomic E-state index is 9.08. The maximum absolute atomic E-state index is 9.08. The summed E-state index contributed by atoms with van der Waals surface area (Å²) in [5.41, 5.74) is 7.13. The van der Waals surface area contributed by atoms with Crippen LogP contribution in [-0.4, -0.2) is 17.8 Å². The summed E-state index contributed by atoms with van der Waals surface area (Å²) in [5, 5.41) is 9.08. The summed E-state index contributed by atoms with van der Waals surface area (Å²) in [4.78, 5) is 0. The van der Waals surface area contributed by atoms with Crippen molar-refractivity contribution in [2.24, 2.45) is 5.92 Å². The minimum absolute atomic E-state index is 0.289. The molecule has 0 unspecified atom stereocenters. The highest BCUT2D eigenvalue weighted by Crippen LogP contribution is 2.46. The Morgan fingerprint density at radius 3 is 2.42 bits per heavy atom. The SMILES string of the molecule is Cc1ccc2c(c1)CC[C@H](c1ccccc1)[C@@H]2c1ccc(OC2CC(CCO)C2)cc1. The number of ether oxygens (including phenoxy) is 1. The van der Waals surface area contributed by atoms with Gasteiger partial charge in [-0.05, 0) is 85.3 Å². The van der Waals surface area contributed by atoms with E-state index in [2.05, 4.69) is 79.7 Å². The van der Waals surface area contributed by atoms with Gasteiger partial charge in [-0.15, -0.1) is 0 Å². The molecule has 2 atom stereocenters. The highest BCUT2D eigenvalue weighted by atomic mass is 16.5. The highest BCUT2D eigenvalue weighted by Gasteiger charge is 2.33. The normalized spacial score (nSPS) is 24.8. The van der Waals surface area contributed by atoms with E-state index in [-0.39, 0.29) is 6.61 Å². The van der Waals surface area contributed by atoms with Crippen LogP contribution >= 0.6 is 0 Å². The molecule has 0 saturated heterocycles. The van der Waals surface area contributed by atoms with Gasteiger partial charge in [0.1, 0.15) is 5.75 Å². The third-order valence-electron chi connectivity index (χ3n) is 7.26. The molecule has 0 aliphatic heterocycles. The molecule has 1 fully saturated rings. The smallest absolute Gasteiger partial charge is 0.119 e. The Hall–Kier alpha value is -2.58. The highest BCUT2D eigenvalue weighted by molar-refractivity contribution is 5.47. The van der Waals surface area contributed by atoms with Crippen molar-refractivity contribution in [1.29, 1.82) is 0 Å². The van der Waals surface area contributed by atoms with Crippen LogP contribution in [0.1, 0.15) is 65.3 Å². The zero-order valence-corrected chi connectivity index (χ0v) is 18.3. The molecule has 1 saturated carbocycles. The summed E-state index contributed by atoms with van der Waals surface area (Å²) >= 11 is 0. The molecule has 5 rings (SSSR count). The first-order valence-electron chi connectivity index (χ1n) is 11.7. The molecular weight excluding hydrogens is 380 g/mol. The topological polar surface area (TPSA) is 29.5 Å². The fraction of sp³-hybridized carbons (Fsp3) is 0.379. The third kappa shape index (κ3) is 4.27. The van der Waals surface area contributed by atoms with Gasteiger partial charge in [0.2, 0.25) is 0 Å². The second-order valence-electron chi connectivity index (χ2n) is 9.39. The van der Waals surface area contributed by atoms with Crippen molar-refractivity contribution in [2.45, 2.75) is 57.0 Å². The molecular formula is C29H32O2. The zero-order chi connectivity index (χ0) is 21.2. The largest absolute Gasteiger partial charge is 0.490 e. The molecule has 0 spiro atoms. The van der Waals surface area contributed by atoms with Crippen LogP contribution in [-0.2, 0) is 6.42 Å². The molecule has 0 aromatic heterocycles. The lowest BCUT2D eigenvalue weighted by atomic mass is 9.69. The number of hydrogen-bond donors (Lipinski definition) is 1. The van der Waals surface area contributed by atoms with Crippen LogP contribution in [0.25, 0.3) is 0 Å². The first kappa shape index (κ1) is 20.3. The van der Waals surface area contributed by atoms with Crippen molar-refractivity contribution in [1.82, 2.24) is 0 Å². The summed E-state index contributed by atoms with van der Waals surface area (Å²) in [6.07, 6.45) is 5.66. The molecule has 3 aromatic carbocycles. The molecule has 160 valence electrons. The molecule has 2 aliphatic carbocycles. The minimum Gasteiger partial charge on any atom is -0.490 e. The molecule has 0 bridgehead atoms. The number of rotatable bonds is 6. The van der Waals surface area contributed by atoms with Crippen LogP contribution in [0.2, 0.25) is 0 Å². The monoisotopic (exact) mass is 412 g/mol. The summed E-state index contributed by atoms with van der Waals surface area (Å²) in [7, 11) is 0. The molecule has 1 N–H and O–H groups in total. The van der Waals surface area contributed by atoms with Crippen LogP contribution in [0, 0.1) is 12.8 Å². The van der Waals surface area contributed by atoms with Gasteiger partial charge in [0.15, 0.2) is 0 Å². The molecule has 0 amide bonds. The fourth-order valence-electron chi connectivity index (χ4n) is 5.56. The summed E-state index contributed by atoms with van der Waals surface area (Å²) in [6.45, 7) is 2.48. The fourth-order valence-corrected chi connectivity index (χ4v) is 5.56. The van der Waals surface area contributed by atoms with Gasteiger partial charge in [-0.1, -0.05) is 66.2 Å². The average Bonchev–Trinajstić information content (AvgIpc) is 2.78. The molecule has 2 nitrogen and oxygen atoms in total. The molecule has 0 heterocycles. The van der Waals surface area contributed by atoms with Gasteiger partial charge in [0, 0.05) is 12.5 Å². The lowest BCUT2D eigenvalue weighted by molar-refractivity contribution is 0.0513. The van der Waals surface area contributed by atoms with Crippen molar-refractivity contribution in [2.75, 3.05) is 6.61 Å². The molecule has 0 radical (unpaired) electrons. The van der Waals surface area contributed by atoms with E-state index in [1.54, 1.807) is 0 Å². The predicted molar refractivity (Wildman–Crippen MR) is 126 cm³/mol. The predicted octanol–water partition coefficient (Wildman–Crippen LogP) is 6.40. The minimum atomic E-state index is 0.289. The van der Waals surface area contributed by atoms with Crippen molar-refractivity contribution in [3.8, 4) is 5.75 Å². The second kappa shape index (κ2) is 8.88. The van der Waals surface area contributed by atoms with Crippen LogP contribution in [0.15, 0.2) is 72.8 Å². The van der Waals surface area contributed by atoms with Crippen LogP contribution in [0.3, 0.4) is 0 Å². The van der Waals surface area contributed by atoms with Crippen molar-refractivity contribution in [3.63, 3.8) is 0 Å². The van der Waals surface area contributed by atoms with Gasteiger partial charge < -0.3 is 9.84 Å². The number of aryl methyl sites for hydroxylation is 2. The Balaban J connectivity index is 1.40. The van der Waals surface area contributed by atoms with E-state index in [1.807, 2.05) is 0 Å². The van der Waals surface area contributed by atoms with Crippen LogP contribution in [0.4, 0.5) is 0 Å². The second-order valence-corrected chi connectivity index (χ2v) is 9.39. The number of hydrogen-bond acceptors (Lipinski definition) is 2. The van der Waals surface area contributed by atoms with Gasteiger partial charge in [-0.25, -0.2) is 0 Å². The lowest BCUT2D eigenvalue weighted by Crippen LogP contribution is -2.34. The Morgan fingerprint density at radius 2 is 1.68 bits per heavy atom. The quantitative estimate of drug-likeness (QED) is 0.508. The first-order chi connectivity index (χ1) is 15.2. The Labute approximate surface area is 185 Å². The van der Waals surface area contributed by atoms with Gasteiger partial charge >= 0.3 is 0 Å². The van der Waals surface area contributed by atoms with E-state index in [9.17, 15) is 0 Å². The summed E-state index contributed by atoms with van der Waals surface area (Å²) < 4.78 is 6.18. The average molecular weight is 413 g/mol. The van der Waals surface area contributed by atoms with Gasteiger partial charge in [-0.3, -0.25) is 0 Å². The Kier molecular flexibility index (Phi) is 5.82. The molecule has 31 heavy (non-hydrogen) atoms. The Morgan fingerprint density at radius 1 is 0.903 bits per heavy atom. The van der Waals surface area contributed by atoms with E-state index < -0.39 is 0 Å². The van der Waals surface area contributed by atoms with Gasteiger partial charge in [-0.2, -0.15) is 0 Å². The van der Waals surface area contributed by atoms with E-state index in [0.717, 1.165) is 31.4 Å². The Bertz CT molecular complexity index is 1000. The number of benzene rings is 3. The zero-order valence-electron chi connectivity index (χ0n) is 18.3. The van der Waals surface area contributed by atoms with Gasteiger partial charge in [0.05, 0.1) is 6.10 Å². The van der Waals surface area contributed by atoms with E-state index in [0.29, 0.717) is 23.9 Å². The van der Waals surface area contributed by atoms with Crippen molar-refractivity contribution < 1.29 is 9.84 Å². The maximum Gasteiger partial charge on any atom is 0.119 e. The third-order valence-corrected chi connectivity index (χ3v) is 7.26. The summed E-state index contributed by atoms with van der Waals surface area (Å²) in [5.74, 6) is 2.46. The molecule has 2 aliphatic rings. The molecule has 2 heteroatoms. The van der Waals surface area contributed by atoms with Crippen molar-refractivity contribution in [3.05, 3.63) is 101 Å². The van der Waals surface area contributed by atoms with Crippen LogP contribution in [0.5, 0.6) is 5.75 Å². The number of aliphatic hydroxyl groups excluding tert-OH is 1. The molecule has 3 aromatic rings. The standard InChI is InChI=1S/C29H32O2/c1-20-7-13-28-24(17-20)10-14-27(22-5-3-2-4-6-22)29(28)23-8-11-25(12-9-23)31-26-18-21(19-26)15-16-30/h2-9,11-13,17,21,26-27,29-30H,10,14-16,18-19H2,1H3/t21?,26?,27-,29+/m1/s1. The van der Waals surface area contributed by atoms with E-state index >= 15 is 0 Å². The summed E-state index contributed by atoms with van der Waals surface area (Å²) in [6, 6.07) is 26.8. The number of aliphatic hydroxyl groups is 1. The first-order valence-corrected chi connectivity index (χ1v) is 11.7. The number of fused-ring (bicyclic) bond motifs is 1.